The molecule has 16 heavy (non-hydrogen) atoms. The third-order valence-electron chi connectivity index (χ3n) is 3.13. The van der Waals surface area contributed by atoms with Gasteiger partial charge < -0.3 is 5.32 Å². The zero-order chi connectivity index (χ0) is 12.1. The van der Waals surface area contributed by atoms with Crippen LogP contribution in [-0.4, -0.2) is 6.54 Å². The number of hydrogen-bond acceptors (Lipinski definition) is 2. The minimum absolute atomic E-state index is 0.523. The van der Waals surface area contributed by atoms with Crippen molar-refractivity contribution in [3.63, 3.8) is 0 Å². The van der Waals surface area contributed by atoms with Gasteiger partial charge in [0.2, 0.25) is 0 Å². The summed E-state index contributed by atoms with van der Waals surface area (Å²) in [5.74, 6) is 0.741. The molecule has 0 radical (unpaired) electrons. The summed E-state index contributed by atoms with van der Waals surface area (Å²) in [7, 11) is 0. The van der Waals surface area contributed by atoms with Crippen molar-refractivity contribution in [1.82, 2.24) is 5.32 Å². The van der Waals surface area contributed by atoms with Crippen LogP contribution in [0.25, 0.3) is 0 Å². The highest BCUT2D eigenvalue weighted by Crippen LogP contribution is 2.35. The van der Waals surface area contributed by atoms with Gasteiger partial charge in [0.05, 0.1) is 0 Å². The van der Waals surface area contributed by atoms with Crippen LogP contribution in [0.5, 0.6) is 0 Å². The molecule has 0 aliphatic heterocycles. The standard InChI is InChI=1S/C13H22BrNS/c1-5-10(6-2)13(15-7-3)12-8-11(14)9(4)16-12/h8,10,13,15H,5-7H2,1-4H3. The van der Waals surface area contributed by atoms with Crippen molar-refractivity contribution in [2.75, 3.05) is 6.54 Å². The van der Waals surface area contributed by atoms with E-state index in [1.807, 2.05) is 11.3 Å². The molecule has 1 unspecified atom stereocenters. The molecule has 0 aromatic carbocycles. The maximum atomic E-state index is 3.63. The van der Waals surface area contributed by atoms with E-state index < -0.39 is 0 Å². The molecule has 0 spiro atoms. The number of hydrogen-bond donors (Lipinski definition) is 1. The Hall–Kier alpha value is 0.140. The van der Waals surface area contributed by atoms with Crippen molar-refractivity contribution in [1.29, 1.82) is 0 Å². The monoisotopic (exact) mass is 303 g/mol. The van der Waals surface area contributed by atoms with Gasteiger partial charge in [-0.25, -0.2) is 0 Å². The summed E-state index contributed by atoms with van der Waals surface area (Å²) >= 11 is 5.52. The second-order valence-electron chi connectivity index (χ2n) is 4.16. The minimum Gasteiger partial charge on any atom is -0.309 e. The molecule has 1 N–H and O–H groups in total. The predicted molar refractivity (Wildman–Crippen MR) is 77.2 cm³/mol. The number of rotatable bonds is 6. The molecule has 0 fully saturated rings. The summed E-state index contributed by atoms with van der Waals surface area (Å²) in [6.45, 7) is 9.97. The van der Waals surface area contributed by atoms with Crippen LogP contribution in [0.15, 0.2) is 10.5 Å². The van der Waals surface area contributed by atoms with Crippen LogP contribution in [0.2, 0.25) is 0 Å². The summed E-state index contributed by atoms with van der Waals surface area (Å²) < 4.78 is 1.25. The second-order valence-corrected chi connectivity index (χ2v) is 6.31. The zero-order valence-corrected chi connectivity index (χ0v) is 13.0. The fraction of sp³-hybridized carbons (Fsp3) is 0.692. The molecule has 1 aromatic rings. The smallest absolute Gasteiger partial charge is 0.0443 e. The van der Waals surface area contributed by atoms with Crippen LogP contribution in [0.1, 0.15) is 49.4 Å². The highest BCUT2D eigenvalue weighted by atomic mass is 79.9. The van der Waals surface area contributed by atoms with Crippen molar-refractivity contribution in [3.05, 3.63) is 20.3 Å². The van der Waals surface area contributed by atoms with Gasteiger partial charge in [-0.2, -0.15) is 0 Å². The quantitative estimate of drug-likeness (QED) is 0.787. The highest BCUT2D eigenvalue weighted by Gasteiger charge is 2.21. The first-order valence-corrected chi connectivity index (χ1v) is 7.74. The number of nitrogens with one attached hydrogen (secondary N) is 1. The number of halogens is 1. The molecule has 0 aliphatic rings. The molecule has 3 heteroatoms. The maximum Gasteiger partial charge on any atom is 0.0443 e. The molecule has 0 saturated carbocycles. The van der Waals surface area contributed by atoms with E-state index in [2.05, 4.69) is 55.0 Å². The topological polar surface area (TPSA) is 12.0 Å². The van der Waals surface area contributed by atoms with Crippen molar-refractivity contribution in [2.45, 2.75) is 46.6 Å². The Labute approximate surface area is 112 Å². The first-order valence-electron chi connectivity index (χ1n) is 6.13. The molecule has 92 valence electrons. The van der Waals surface area contributed by atoms with Gasteiger partial charge in [-0.15, -0.1) is 11.3 Å². The van der Waals surface area contributed by atoms with Crippen LogP contribution in [0, 0.1) is 12.8 Å². The van der Waals surface area contributed by atoms with Crippen molar-refractivity contribution < 1.29 is 0 Å². The van der Waals surface area contributed by atoms with E-state index in [1.54, 1.807) is 0 Å². The lowest BCUT2D eigenvalue weighted by Gasteiger charge is -2.25. The van der Waals surface area contributed by atoms with Crippen molar-refractivity contribution in [2.24, 2.45) is 5.92 Å². The molecule has 1 atom stereocenters. The van der Waals surface area contributed by atoms with Gasteiger partial charge in [0.1, 0.15) is 0 Å². The summed E-state index contributed by atoms with van der Waals surface area (Å²) in [4.78, 5) is 2.85. The second kappa shape index (κ2) is 6.77. The lowest BCUT2D eigenvalue weighted by Crippen LogP contribution is -2.27. The molecule has 1 nitrogen and oxygen atoms in total. The van der Waals surface area contributed by atoms with Crippen molar-refractivity contribution >= 4 is 27.3 Å². The Morgan fingerprint density at radius 3 is 2.31 bits per heavy atom. The molecule has 1 heterocycles. The first kappa shape index (κ1) is 14.2. The van der Waals surface area contributed by atoms with Crippen LogP contribution in [0.3, 0.4) is 0 Å². The summed E-state index contributed by atoms with van der Waals surface area (Å²) in [5, 5.41) is 3.63. The Morgan fingerprint density at radius 1 is 1.31 bits per heavy atom. The van der Waals surface area contributed by atoms with E-state index in [0.29, 0.717) is 6.04 Å². The SMILES string of the molecule is CCNC(c1cc(Br)c(C)s1)C(CC)CC. The number of thiophene rings is 1. The fourth-order valence-electron chi connectivity index (χ4n) is 2.11. The van der Waals surface area contributed by atoms with Crippen LogP contribution in [0.4, 0.5) is 0 Å². The molecular weight excluding hydrogens is 282 g/mol. The molecule has 0 amide bonds. The van der Waals surface area contributed by atoms with E-state index in [0.717, 1.165) is 12.5 Å². The van der Waals surface area contributed by atoms with Gasteiger partial charge >= 0.3 is 0 Å². The molecular formula is C13H22BrNS. The lowest BCUT2D eigenvalue weighted by atomic mass is 9.93. The predicted octanol–water partition coefficient (Wildman–Crippen LogP) is 4.91. The van der Waals surface area contributed by atoms with Crippen LogP contribution in [-0.2, 0) is 0 Å². The van der Waals surface area contributed by atoms with E-state index >= 15 is 0 Å². The minimum atomic E-state index is 0.523. The van der Waals surface area contributed by atoms with E-state index in [4.69, 9.17) is 0 Å². The Kier molecular flexibility index (Phi) is 6.01. The van der Waals surface area contributed by atoms with Gasteiger partial charge in [-0.1, -0.05) is 33.6 Å². The maximum absolute atomic E-state index is 3.63. The molecule has 0 bridgehead atoms. The van der Waals surface area contributed by atoms with E-state index in [-0.39, 0.29) is 0 Å². The van der Waals surface area contributed by atoms with Gasteiger partial charge in [-0.05, 0) is 41.4 Å². The lowest BCUT2D eigenvalue weighted by molar-refractivity contribution is 0.351. The Bertz CT molecular complexity index is 298. The Morgan fingerprint density at radius 2 is 1.94 bits per heavy atom. The number of aryl methyl sites for hydroxylation is 1. The molecule has 0 aliphatic carbocycles. The highest BCUT2D eigenvalue weighted by molar-refractivity contribution is 9.10. The van der Waals surface area contributed by atoms with Crippen LogP contribution < -0.4 is 5.32 Å². The van der Waals surface area contributed by atoms with Gasteiger partial charge in [0, 0.05) is 20.3 Å². The third-order valence-corrected chi connectivity index (χ3v) is 5.35. The van der Waals surface area contributed by atoms with E-state index in [1.165, 1.54) is 27.1 Å². The van der Waals surface area contributed by atoms with Crippen molar-refractivity contribution in [3.8, 4) is 0 Å². The fourth-order valence-corrected chi connectivity index (χ4v) is 3.84. The molecule has 0 saturated heterocycles. The molecule has 1 aromatic heterocycles. The summed E-state index contributed by atoms with van der Waals surface area (Å²) in [6.07, 6.45) is 2.48. The first-order chi connectivity index (χ1) is 7.63. The largest absolute Gasteiger partial charge is 0.309 e. The third kappa shape index (κ3) is 3.31. The average Bonchev–Trinajstić information content (AvgIpc) is 2.59. The normalized spacial score (nSPS) is 13.4. The van der Waals surface area contributed by atoms with Gasteiger partial charge in [-0.3, -0.25) is 0 Å². The average molecular weight is 304 g/mol. The van der Waals surface area contributed by atoms with Gasteiger partial charge in [0.25, 0.3) is 0 Å². The summed E-state index contributed by atoms with van der Waals surface area (Å²) in [6, 6.07) is 2.81. The van der Waals surface area contributed by atoms with E-state index in [9.17, 15) is 0 Å². The summed E-state index contributed by atoms with van der Waals surface area (Å²) in [5.41, 5.74) is 0. The zero-order valence-electron chi connectivity index (χ0n) is 10.6. The molecule has 1 rings (SSSR count). The Balaban J connectivity index is 2.91. The van der Waals surface area contributed by atoms with Crippen LogP contribution >= 0.6 is 27.3 Å². The van der Waals surface area contributed by atoms with Gasteiger partial charge in [0.15, 0.2) is 0 Å².